The van der Waals surface area contributed by atoms with Gasteiger partial charge in [-0.3, -0.25) is 4.79 Å². The third kappa shape index (κ3) is 2.44. The van der Waals surface area contributed by atoms with Gasteiger partial charge in [-0.05, 0) is 39.0 Å². The minimum atomic E-state index is -1.10. The number of carbonyl (C=O) groups excluding carboxylic acids is 1. The van der Waals surface area contributed by atoms with Gasteiger partial charge < -0.3 is 15.2 Å². The van der Waals surface area contributed by atoms with Crippen molar-refractivity contribution in [2.45, 2.75) is 44.8 Å². The lowest BCUT2D eigenvalue weighted by Gasteiger charge is -2.26. The molecule has 0 heterocycles. The Labute approximate surface area is 101 Å². The van der Waals surface area contributed by atoms with Crippen LogP contribution >= 0.6 is 0 Å². The second-order valence-corrected chi connectivity index (χ2v) is 5.11. The molecule has 96 valence electrons. The van der Waals surface area contributed by atoms with E-state index in [1.54, 1.807) is 6.92 Å². The van der Waals surface area contributed by atoms with E-state index in [0.717, 1.165) is 12.8 Å². The molecular weight excluding hydrogens is 222 g/mol. The largest absolute Gasteiger partial charge is 0.480 e. The molecule has 0 saturated heterocycles. The SMILES string of the molecule is CCO[C@@H]1C[C@@H]1C(=O)N[C@@](C)(C(=O)O)C1CC1. The summed E-state index contributed by atoms with van der Waals surface area (Å²) in [4.78, 5) is 23.1. The van der Waals surface area contributed by atoms with Crippen LogP contribution < -0.4 is 5.32 Å². The van der Waals surface area contributed by atoms with Crippen LogP contribution in [0.4, 0.5) is 0 Å². The van der Waals surface area contributed by atoms with Gasteiger partial charge in [-0.25, -0.2) is 4.79 Å². The van der Waals surface area contributed by atoms with Gasteiger partial charge in [-0.15, -0.1) is 0 Å². The van der Waals surface area contributed by atoms with Gasteiger partial charge in [0, 0.05) is 6.61 Å². The second kappa shape index (κ2) is 4.29. The van der Waals surface area contributed by atoms with Gasteiger partial charge in [0.05, 0.1) is 12.0 Å². The number of aliphatic carboxylic acids is 1. The third-order valence-electron chi connectivity index (χ3n) is 3.67. The van der Waals surface area contributed by atoms with Crippen molar-refractivity contribution in [3.05, 3.63) is 0 Å². The van der Waals surface area contributed by atoms with Gasteiger partial charge in [0.1, 0.15) is 5.54 Å². The van der Waals surface area contributed by atoms with E-state index in [1.165, 1.54) is 0 Å². The van der Waals surface area contributed by atoms with Gasteiger partial charge in [-0.2, -0.15) is 0 Å². The molecule has 0 aromatic rings. The van der Waals surface area contributed by atoms with Crippen molar-refractivity contribution >= 4 is 11.9 Å². The summed E-state index contributed by atoms with van der Waals surface area (Å²) in [7, 11) is 0. The maximum atomic E-state index is 11.9. The Morgan fingerprint density at radius 3 is 2.59 bits per heavy atom. The highest BCUT2D eigenvalue weighted by atomic mass is 16.5. The number of carbonyl (C=O) groups is 2. The number of ether oxygens (including phenoxy) is 1. The summed E-state index contributed by atoms with van der Waals surface area (Å²) in [5.41, 5.74) is -1.10. The van der Waals surface area contributed by atoms with Crippen LogP contribution in [-0.2, 0) is 14.3 Å². The van der Waals surface area contributed by atoms with Crippen molar-refractivity contribution in [1.82, 2.24) is 5.32 Å². The molecule has 2 rings (SSSR count). The Morgan fingerprint density at radius 2 is 2.12 bits per heavy atom. The first-order valence-electron chi connectivity index (χ1n) is 6.16. The summed E-state index contributed by atoms with van der Waals surface area (Å²) in [6.07, 6.45) is 2.45. The monoisotopic (exact) mass is 241 g/mol. The molecule has 1 amide bonds. The number of hydrogen-bond acceptors (Lipinski definition) is 3. The molecule has 0 unspecified atom stereocenters. The Hall–Kier alpha value is -1.10. The molecule has 2 saturated carbocycles. The molecule has 5 heteroatoms. The molecule has 17 heavy (non-hydrogen) atoms. The zero-order valence-electron chi connectivity index (χ0n) is 10.2. The fraction of sp³-hybridized carbons (Fsp3) is 0.833. The first-order valence-corrected chi connectivity index (χ1v) is 6.16. The van der Waals surface area contributed by atoms with E-state index >= 15 is 0 Å². The van der Waals surface area contributed by atoms with Crippen LogP contribution in [0, 0.1) is 11.8 Å². The van der Waals surface area contributed by atoms with E-state index < -0.39 is 11.5 Å². The van der Waals surface area contributed by atoms with E-state index in [0.29, 0.717) is 13.0 Å². The predicted octanol–water partition coefficient (Wildman–Crippen LogP) is 0.781. The molecule has 2 aliphatic carbocycles. The summed E-state index contributed by atoms with van der Waals surface area (Å²) in [6.45, 7) is 4.08. The van der Waals surface area contributed by atoms with E-state index in [9.17, 15) is 14.7 Å². The summed E-state index contributed by atoms with van der Waals surface area (Å²) >= 11 is 0. The molecule has 0 radical (unpaired) electrons. The highest BCUT2D eigenvalue weighted by Gasteiger charge is 2.52. The van der Waals surface area contributed by atoms with Gasteiger partial charge in [0.15, 0.2) is 0 Å². The minimum absolute atomic E-state index is 0.0164. The molecule has 5 nitrogen and oxygen atoms in total. The molecule has 0 spiro atoms. The van der Waals surface area contributed by atoms with Crippen LogP contribution in [-0.4, -0.2) is 35.2 Å². The van der Waals surface area contributed by atoms with E-state index in [2.05, 4.69) is 5.32 Å². The second-order valence-electron chi connectivity index (χ2n) is 5.11. The van der Waals surface area contributed by atoms with Crippen molar-refractivity contribution < 1.29 is 19.4 Å². The Bertz CT molecular complexity index is 339. The topological polar surface area (TPSA) is 75.6 Å². The Morgan fingerprint density at radius 1 is 1.47 bits per heavy atom. The van der Waals surface area contributed by atoms with Crippen LogP contribution in [0.1, 0.15) is 33.1 Å². The van der Waals surface area contributed by atoms with Gasteiger partial charge in [0.25, 0.3) is 0 Å². The van der Waals surface area contributed by atoms with Crippen molar-refractivity contribution in [3.8, 4) is 0 Å². The Kier molecular flexibility index (Phi) is 3.12. The molecular formula is C12H19NO4. The number of carboxylic acids is 1. The fourth-order valence-electron chi connectivity index (χ4n) is 2.19. The molecule has 2 fully saturated rings. The average molecular weight is 241 g/mol. The van der Waals surface area contributed by atoms with Gasteiger partial charge >= 0.3 is 5.97 Å². The van der Waals surface area contributed by atoms with Crippen molar-refractivity contribution in [3.63, 3.8) is 0 Å². The zero-order chi connectivity index (χ0) is 12.6. The fourth-order valence-corrected chi connectivity index (χ4v) is 2.19. The number of carboxylic acid groups (broad SMARTS) is 1. The van der Waals surface area contributed by atoms with Crippen molar-refractivity contribution in [2.75, 3.05) is 6.61 Å². The minimum Gasteiger partial charge on any atom is -0.480 e. The maximum Gasteiger partial charge on any atom is 0.329 e. The molecule has 2 N–H and O–H groups in total. The van der Waals surface area contributed by atoms with Crippen LogP contribution in [0.15, 0.2) is 0 Å². The van der Waals surface area contributed by atoms with Crippen LogP contribution in [0.5, 0.6) is 0 Å². The Balaban J connectivity index is 1.91. The lowest BCUT2D eigenvalue weighted by Crippen LogP contribution is -2.54. The molecule has 3 atom stereocenters. The number of nitrogens with one attached hydrogen (secondary N) is 1. The molecule has 0 aliphatic heterocycles. The summed E-state index contributed by atoms with van der Waals surface area (Å²) < 4.78 is 5.33. The van der Waals surface area contributed by atoms with Gasteiger partial charge in [-0.1, -0.05) is 0 Å². The van der Waals surface area contributed by atoms with Crippen molar-refractivity contribution in [1.29, 1.82) is 0 Å². The lowest BCUT2D eigenvalue weighted by atomic mass is 9.95. The maximum absolute atomic E-state index is 11.9. The quantitative estimate of drug-likeness (QED) is 0.720. The van der Waals surface area contributed by atoms with E-state index in [1.807, 2.05) is 6.92 Å². The normalized spacial score (nSPS) is 30.5. The first-order chi connectivity index (χ1) is 7.99. The highest BCUT2D eigenvalue weighted by Crippen LogP contribution is 2.41. The third-order valence-corrected chi connectivity index (χ3v) is 3.67. The molecule has 0 bridgehead atoms. The zero-order valence-corrected chi connectivity index (χ0v) is 10.2. The highest BCUT2D eigenvalue weighted by molar-refractivity contribution is 5.89. The standard InChI is InChI=1S/C12H19NO4/c1-3-17-9-6-8(9)10(14)13-12(2,11(15)16)7-4-5-7/h7-9H,3-6H2,1-2H3,(H,13,14)(H,15,16)/t8-,9+,12+/m0/s1. The van der Waals surface area contributed by atoms with E-state index in [-0.39, 0.29) is 23.8 Å². The van der Waals surface area contributed by atoms with Crippen LogP contribution in [0.3, 0.4) is 0 Å². The number of amides is 1. The predicted molar refractivity (Wildman–Crippen MR) is 60.4 cm³/mol. The van der Waals surface area contributed by atoms with Crippen molar-refractivity contribution in [2.24, 2.45) is 11.8 Å². The summed E-state index contributed by atoms with van der Waals surface area (Å²) in [5, 5.41) is 11.9. The lowest BCUT2D eigenvalue weighted by molar-refractivity contribution is -0.148. The first kappa shape index (κ1) is 12.4. The molecule has 0 aromatic carbocycles. The van der Waals surface area contributed by atoms with Gasteiger partial charge in [0.2, 0.25) is 5.91 Å². The number of rotatable bonds is 6. The smallest absolute Gasteiger partial charge is 0.329 e. The van der Waals surface area contributed by atoms with Crippen LogP contribution in [0.2, 0.25) is 0 Å². The molecule has 0 aromatic heterocycles. The average Bonchev–Trinajstić information content (AvgIpc) is 3.12. The summed E-state index contributed by atoms with van der Waals surface area (Å²) in [6, 6.07) is 0. The van der Waals surface area contributed by atoms with E-state index in [4.69, 9.17) is 4.74 Å². The summed E-state index contributed by atoms with van der Waals surface area (Å²) in [5.74, 6) is -1.21. The number of hydrogen-bond donors (Lipinski definition) is 2. The van der Waals surface area contributed by atoms with Crippen LogP contribution in [0.25, 0.3) is 0 Å². The molecule has 2 aliphatic rings.